The van der Waals surface area contributed by atoms with E-state index >= 15 is 0 Å². The monoisotopic (exact) mass is 432 g/mol. The van der Waals surface area contributed by atoms with E-state index in [0.717, 1.165) is 29.9 Å². The zero-order chi connectivity index (χ0) is 21.9. The summed E-state index contributed by atoms with van der Waals surface area (Å²) in [5, 5.41) is 11.4. The van der Waals surface area contributed by atoms with Crippen LogP contribution >= 0.6 is 0 Å². The molecule has 2 heterocycles. The van der Waals surface area contributed by atoms with Crippen LogP contribution in [0.4, 0.5) is 0 Å². The number of aliphatic hydroxyl groups excluding tert-OH is 1. The fourth-order valence-electron chi connectivity index (χ4n) is 8.73. The van der Waals surface area contributed by atoms with Crippen molar-refractivity contribution in [1.29, 1.82) is 0 Å². The van der Waals surface area contributed by atoms with Crippen LogP contribution in [0.5, 0.6) is 0 Å². The minimum atomic E-state index is -0.308. The van der Waals surface area contributed by atoms with Crippen LogP contribution < -0.4 is 0 Å². The number of hydrogen-bond donors (Lipinski definition) is 1. The highest BCUT2D eigenvalue weighted by atomic mass is 16.3. The maximum absolute atomic E-state index is 11.4. The molecule has 1 aromatic rings. The Hall–Kier alpha value is -1.45. The number of pyridine rings is 1. The Morgan fingerprint density at radius 3 is 2.72 bits per heavy atom. The first-order valence-corrected chi connectivity index (χ1v) is 13.2. The van der Waals surface area contributed by atoms with Gasteiger partial charge in [-0.15, -0.1) is 0 Å². The van der Waals surface area contributed by atoms with Crippen molar-refractivity contribution in [2.45, 2.75) is 83.8 Å². The van der Waals surface area contributed by atoms with Crippen molar-refractivity contribution < 1.29 is 5.11 Å². The summed E-state index contributed by atoms with van der Waals surface area (Å²) in [5.41, 5.74) is 4.57. The normalized spacial score (nSPS) is 45.3. The zero-order valence-electron chi connectivity index (χ0n) is 20.0. The molecular formula is C29H40N2O. The standard InChI is InChI=1S/C29H40N2O/c1-28-11-9-23(31-14-3-4-15-31)18-22(28)7-8-24-25(28)10-12-29(2)26(24)17-21(27(29)32)16-20-6-5-13-30-19-20/h5-7,13,16,19,23-27,32H,3-4,8-12,14-15,17-18H2,1-2H3/b21-16+/t23-,24+,25-,26-,27-,28-,29-/m0/s1. The first-order chi connectivity index (χ1) is 15.5. The van der Waals surface area contributed by atoms with Gasteiger partial charge < -0.3 is 10.0 Å². The minimum absolute atomic E-state index is 0.0314. The molecule has 0 aromatic carbocycles. The van der Waals surface area contributed by atoms with Gasteiger partial charge in [0.15, 0.2) is 0 Å². The lowest BCUT2D eigenvalue weighted by Gasteiger charge is -2.58. The summed E-state index contributed by atoms with van der Waals surface area (Å²) in [6.45, 7) is 7.64. The third-order valence-electron chi connectivity index (χ3n) is 10.6. The summed E-state index contributed by atoms with van der Waals surface area (Å²) in [4.78, 5) is 7.06. The van der Waals surface area contributed by atoms with E-state index in [0.29, 0.717) is 11.3 Å². The molecule has 1 N–H and O–H groups in total. The van der Waals surface area contributed by atoms with Crippen LogP contribution in [-0.2, 0) is 0 Å². The maximum Gasteiger partial charge on any atom is 0.0809 e. The molecule has 0 spiro atoms. The molecule has 172 valence electrons. The third kappa shape index (κ3) is 3.18. The van der Waals surface area contributed by atoms with Gasteiger partial charge in [-0.25, -0.2) is 0 Å². The van der Waals surface area contributed by atoms with Crippen molar-refractivity contribution in [3.05, 3.63) is 47.3 Å². The van der Waals surface area contributed by atoms with Gasteiger partial charge >= 0.3 is 0 Å². The molecular weight excluding hydrogens is 392 g/mol. The van der Waals surface area contributed by atoms with E-state index in [2.05, 4.69) is 41.9 Å². The number of fused-ring (bicyclic) bond motifs is 5. The molecule has 0 bridgehead atoms. The second-order valence-electron chi connectivity index (χ2n) is 12.1. The lowest BCUT2D eigenvalue weighted by Crippen LogP contribution is -2.52. The van der Waals surface area contributed by atoms with Gasteiger partial charge in [-0.1, -0.05) is 37.6 Å². The van der Waals surface area contributed by atoms with E-state index in [1.807, 2.05) is 18.5 Å². The molecule has 5 aliphatic rings. The van der Waals surface area contributed by atoms with Crippen LogP contribution in [0.3, 0.4) is 0 Å². The molecule has 0 radical (unpaired) electrons. The van der Waals surface area contributed by atoms with Gasteiger partial charge in [0, 0.05) is 23.9 Å². The topological polar surface area (TPSA) is 36.4 Å². The largest absolute Gasteiger partial charge is 0.388 e. The van der Waals surface area contributed by atoms with E-state index in [1.54, 1.807) is 5.57 Å². The second kappa shape index (κ2) is 7.81. The van der Waals surface area contributed by atoms with E-state index in [4.69, 9.17) is 0 Å². The Bertz CT molecular complexity index is 916. The van der Waals surface area contributed by atoms with E-state index in [1.165, 1.54) is 70.0 Å². The molecule has 7 atom stereocenters. The van der Waals surface area contributed by atoms with Gasteiger partial charge in [0.25, 0.3) is 0 Å². The first kappa shape index (κ1) is 21.1. The summed E-state index contributed by atoms with van der Waals surface area (Å²) in [7, 11) is 0. The van der Waals surface area contributed by atoms with Crippen molar-refractivity contribution in [2.24, 2.45) is 28.6 Å². The number of aliphatic hydroxyl groups is 1. The number of likely N-dealkylation sites (tertiary alicyclic amines) is 1. The van der Waals surface area contributed by atoms with Crippen molar-refractivity contribution in [1.82, 2.24) is 9.88 Å². The van der Waals surface area contributed by atoms with Crippen molar-refractivity contribution in [2.75, 3.05) is 13.1 Å². The third-order valence-corrected chi connectivity index (χ3v) is 10.6. The highest BCUT2D eigenvalue weighted by Gasteiger charge is 2.59. The van der Waals surface area contributed by atoms with E-state index < -0.39 is 0 Å². The number of hydrogen-bond acceptors (Lipinski definition) is 3. The molecule has 0 amide bonds. The maximum atomic E-state index is 11.4. The van der Waals surface area contributed by atoms with Crippen LogP contribution in [0.1, 0.15) is 77.2 Å². The van der Waals surface area contributed by atoms with Gasteiger partial charge in [0.1, 0.15) is 0 Å². The number of allylic oxidation sites excluding steroid dienone is 1. The molecule has 1 saturated heterocycles. The predicted molar refractivity (Wildman–Crippen MR) is 130 cm³/mol. The van der Waals surface area contributed by atoms with Crippen molar-refractivity contribution in [3.8, 4) is 0 Å². The fraction of sp³-hybridized carbons (Fsp3) is 0.690. The SMILES string of the molecule is C[C@]12CC[C@H]3[C@@H](CC=C4C[C@@H](N5CCCC5)CC[C@@]43C)[C@@H]1C/C(=C\c1cccnc1)[C@@H]2O. The molecule has 6 rings (SSSR count). The van der Waals surface area contributed by atoms with Crippen LogP contribution in [0.2, 0.25) is 0 Å². The lowest BCUT2D eigenvalue weighted by molar-refractivity contribution is -0.0662. The summed E-state index contributed by atoms with van der Waals surface area (Å²) in [6.07, 6.45) is 19.9. The number of nitrogens with zero attached hydrogens (tertiary/aromatic N) is 2. The highest BCUT2D eigenvalue weighted by molar-refractivity contribution is 5.54. The summed E-state index contributed by atoms with van der Waals surface area (Å²) in [6, 6.07) is 4.89. The molecule has 3 nitrogen and oxygen atoms in total. The van der Waals surface area contributed by atoms with Gasteiger partial charge in [-0.2, -0.15) is 0 Å². The van der Waals surface area contributed by atoms with Crippen LogP contribution in [0, 0.1) is 28.6 Å². The van der Waals surface area contributed by atoms with Crippen LogP contribution in [0.25, 0.3) is 6.08 Å². The number of rotatable bonds is 2. The van der Waals surface area contributed by atoms with Gasteiger partial charge in [0.05, 0.1) is 6.10 Å². The lowest BCUT2D eigenvalue weighted by atomic mass is 9.48. The molecule has 3 heteroatoms. The molecule has 3 saturated carbocycles. The molecule has 1 aliphatic heterocycles. The Labute approximate surface area is 194 Å². The Kier molecular flexibility index (Phi) is 5.15. The quantitative estimate of drug-likeness (QED) is 0.594. The van der Waals surface area contributed by atoms with Gasteiger partial charge in [-0.3, -0.25) is 4.98 Å². The van der Waals surface area contributed by atoms with Crippen molar-refractivity contribution in [3.63, 3.8) is 0 Å². The first-order valence-electron chi connectivity index (χ1n) is 13.2. The minimum Gasteiger partial charge on any atom is -0.388 e. The van der Waals surface area contributed by atoms with Crippen LogP contribution in [-0.4, -0.2) is 40.2 Å². The second-order valence-corrected chi connectivity index (χ2v) is 12.1. The molecule has 4 aliphatic carbocycles. The molecule has 32 heavy (non-hydrogen) atoms. The summed E-state index contributed by atoms with van der Waals surface area (Å²) < 4.78 is 0. The van der Waals surface area contributed by atoms with Crippen molar-refractivity contribution >= 4 is 6.08 Å². The van der Waals surface area contributed by atoms with E-state index in [-0.39, 0.29) is 11.5 Å². The molecule has 1 aromatic heterocycles. The molecule has 0 unspecified atom stereocenters. The smallest absolute Gasteiger partial charge is 0.0809 e. The predicted octanol–water partition coefficient (Wildman–Crippen LogP) is 5.86. The summed E-state index contributed by atoms with van der Waals surface area (Å²) in [5.74, 6) is 2.12. The average molecular weight is 433 g/mol. The summed E-state index contributed by atoms with van der Waals surface area (Å²) >= 11 is 0. The van der Waals surface area contributed by atoms with Gasteiger partial charge in [0.2, 0.25) is 0 Å². The Morgan fingerprint density at radius 1 is 1.09 bits per heavy atom. The average Bonchev–Trinajstić information content (AvgIpc) is 3.42. The van der Waals surface area contributed by atoms with E-state index in [9.17, 15) is 5.11 Å². The highest BCUT2D eigenvalue weighted by Crippen LogP contribution is 2.65. The number of aromatic nitrogens is 1. The fourth-order valence-corrected chi connectivity index (χ4v) is 8.73. The zero-order valence-corrected chi connectivity index (χ0v) is 20.0. The van der Waals surface area contributed by atoms with Gasteiger partial charge in [-0.05, 0) is 111 Å². The Balaban J connectivity index is 1.27. The van der Waals surface area contributed by atoms with Crippen LogP contribution in [0.15, 0.2) is 41.7 Å². The Morgan fingerprint density at radius 2 is 1.94 bits per heavy atom. The molecule has 4 fully saturated rings.